The summed E-state index contributed by atoms with van der Waals surface area (Å²) in [4.78, 5) is 16.2. The molecule has 0 radical (unpaired) electrons. The maximum atomic E-state index is 9.84. The summed E-state index contributed by atoms with van der Waals surface area (Å²) >= 11 is 0. The Morgan fingerprint density at radius 3 is 2.50 bits per heavy atom. The quantitative estimate of drug-likeness (QED) is 0.340. The maximum absolute atomic E-state index is 9.84. The first-order valence-corrected chi connectivity index (χ1v) is 13.2. The molecule has 2 aliphatic rings. The average Bonchev–Trinajstić information content (AvgIpc) is 2.93. The fourth-order valence-corrected chi connectivity index (χ4v) is 5.42. The molecule has 0 saturated carbocycles. The molecule has 200 valence electrons. The van der Waals surface area contributed by atoms with Gasteiger partial charge in [0, 0.05) is 25.1 Å². The number of rotatable bonds is 9. The Morgan fingerprint density at radius 1 is 1.03 bits per heavy atom. The Morgan fingerprint density at radius 2 is 1.76 bits per heavy atom. The van der Waals surface area contributed by atoms with Crippen LogP contribution in [0.15, 0.2) is 59.9 Å². The van der Waals surface area contributed by atoms with Crippen LogP contribution in [0.25, 0.3) is 0 Å². The Kier molecular flexibility index (Phi) is 8.17. The Labute approximate surface area is 222 Å². The summed E-state index contributed by atoms with van der Waals surface area (Å²) in [5, 5.41) is 28.5. The van der Waals surface area contributed by atoms with E-state index < -0.39 is 6.10 Å². The van der Waals surface area contributed by atoms with E-state index in [2.05, 4.69) is 14.9 Å². The molecule has 0 bridgehead atoms. The van der Waals surface area contributed by atoms with Crippen molar-refractivity contribution in [3.8, 4) is 17.2 Å². The molecule has 3 atom stereocenters. The van der Waals surface area contributed by atoms with Crippen molar-refractivity contribution in [2.75, 3.05) is 32.0 Å². The number of benzene rings is 2. The van der Waals surface area contributed by atoms with Gasteiger partial charge in [0.1, 0.15) is 29.4 Å². The maximum Gasteiger partial charge on any atom is 0.136 e. The molecular formula is C29H35N5O4. The van der Waals surface area contributed by atoms with E-state index in [9.17, 15) is 15.3 Å². The third kappa shape index (κ3) is 6.30. The van der Waals surface area contributed by atoms with E-state index in [4.69, 9.17) is 15.5 Å². The third-order valence-corrected chi connectivity index (χ3v) is 7.32. The molecule has 0 aliphatic carbocycles. The van der Waals surface area contributed by atoms with Crippen LogP contribution in [0.2, 0.25) is 0 Å². The number of nitrogens with two attached hydrogens (primary N) is 1. The number of hydrogen-bond acceptors (Lipinski definition) is 9. The molecule has 3 heterocycles. The van der Waals surface area contributed by atoms with E-state index in [1.807, 2.05) is 24.3 Å². The van der Waals surface area contributed by atoms with Crippen LogP contribution in [-0.4, -0.2) is 74.3 Å². The number of likely N-dealkylation sites (tertiary alicyclic amines) is 1. The highest BCUT2D eigenvalue weighted by Crippen LogP contribution is 2.31. The molecule has 2 aromatic carbocycles. The van der Waals surface area contributed by atoms with Crippen LogP contribution in [0, 0.1) is 5.92 Å². The summed E-state index contributed by atoms with van der Waals surface area (Å²) in [5.41, 5.74) is 9.76. The number of phenolic OH excluding ortho intramolecular Hbond substituents is 1. The first kappa shape index (κ1) is 26.1. The monoisotopic (exact) mass is 517 g/mol. The predicted octanol–water partition coefficient (Wildman–Crippen LogP) is 3.16. The fraction of sp³-hybridized carbons (Fsp3) is 0.414. The minimum atomic E-state index is -0.682. The summed E-state index contributed by atoms with van der Waals surface area (Å²) in [6.45, 7) is 2.23. The van der Waals surface area contributed by atoms with E-state index in [1.165, 1.54) is 12.7 Å². The molecule has 0 spiro atoms. The summed E-state index contributed by atoms with van der Waals surface area (Å²) < 4.78 is 5.90. The minimum absolute atomic E-state index is 0.0955. The van der Waals surface area contributed by atoms with Gasteiger partial charge in [-0.3, -0.25) is 4.99 Å². The number of aliphatic hydroxyl groups is 2. The summed E-state index contributed by atoms with van der Waals surface area (Å²) in [7, 11) is 0. The van der Waals surface area contributed by atoms with Crippen LogP contribution in [0.4, 0.5) is 5.82 Å². The van der Waals surface area contributed by atoms with Crippen LogP contribution < -0.4 is 10.5 Å². The van der Waals surface area contributed by atoms with Gasteiger partial charge in [0.05, 0.1) is 35.7 Å². The normalized spacial score (nSPS) is 20.4. The van der Waals surface area contributed by atoms with Crippen LogP contribution in [0.1, 0.15) is 42.5 Å². The topological polar surface area (TPSA) is 137 Å². The lowest BCUT2D eigenvalue weighted by atomic mass is 9.88. The lowest BCUT2D eigenvalue weighted by Crippen LogP contribution is -2.41. The van der Waals surface area contributed by atoms with Crippen molar-refractivity contribution in [1.82, 2.24) is 14.9 Å². The number of aromatic hydroxyl groups is 1. The number of hydrogen-bond donors (Lipinski definition) is 4. The molecular weight excluding hydrogens is 482 g/mol. The average molecular weight is 518 g/mol. The first-order chi connectivity index (χ1) is 18.5. The number of aliphatic hydroxyl groups excluding tert-OH is 2. The van der Waals surface area contributed by atoms with Crippen molar-refractivity contribution < 1.29 is 20.1 Å². The van der Waals surface area contributed by atoms with Gasteiger partial charge >= 0.3 is 0 Å². The van der Waals surface area contributed by atoms with Crippen molar-refractivity contribution in [2.45, 2.75) is 44.2 Å². The molecule has 5 rings (SSSR count). The van der Waals surface area contributed by atoms with Crippen LogP contribution in [-0.2, 0) is 6.42 Å². The van der Waals surface area contributed by atoms with E-state index in [1.54, 1.807) is 24.3 Å². The second-order valence-electron chi connectivity index (χ2n) is 10.2. The van der Waals surface area contributed by atoms with Crippen LogP contribution in [0.5, 0.6) is 17.2 Å². The van der Waals surface area contributed by atoms with Crippen molar-refractivity contribution in [3.05, 3.63) is 71.7 Å². The number of β-amino-alcohol motifs (C(OH)–C–C–N with tert-alkyl or cyclic N) is 1. The second kappa shape index (κ2) is 11.9. The third-order valence-electron chi connectivity index (χ3n) is 7.32. The smallest absolute Gasteiger partial charge is 0.136 e. The molecule has 0 amide bonds. The summed E-state index contributed by atoms with van der Waals surface area (Å²) in [6, 6.07) is 14.4. The van der Waals surface area contributed by atoms with Gasteiger partial charge in [-0.05, 0) is 86.7 Å². The molecule has 2 aliphatic heterocycles. The summed E-state index contributed by atoms with van der Waals surface area (Å²) in [6.07, 6.45) is 5.83. The Hall–Kier alpha value is -3.53. The number of phenols is 1. The van der Waals surface area contributed by atoms with Gasteiger partial charge in [0.25, 0.3) is 0 Å². The zero-order chi connectivity index (χ0) is 26.5. The zero-order valence-corrected chi connectivity index (χ0v) is 21.4. The van der Waals surface area contributed by atoms with Gasteiger partial charge in [-0.1, -0.05) is 0 Å². The van der Waals surface area contributed by atoms with Gasteiger partial charge in [0.2, 0.25) is 0 Å². The van der Waals surface area contributed by atoms with E-state index in [0.29, 0.717) is 29.8 Å². The molecule has 1 saturated heterocycles. The minimum Gasteiger partial charge on any atom is -0.508 e. The van der Waals surface area contributed by atoms with Crippen molar-refractivity contribution in [1.29, 1.82) is 0 Å². The standard InChI is InChI=1S/C29H35N5O4/c30-29-27-26(31-18-32-29)14-21(6-3-19-2-1-13-34(15-19)16-23(37)17-35)33-28(27)20-4-9-24(10-5-20)38-25-11-7-22(36)8-12-25/h4-5,7-12,18-19,21,23,35-37H,1-3,6,13-17H2,(H2,30,31,32). The van der Waals surface area contributed by atoms with E-state index in [0.717, 1.165) is 61.3 Å². The second-order valence-corrected chi connectivity index (χ2v) is 10.2. The number of aliphatic imine (C=N–C) groups is 1. The van der Waals surface area contributed by atoms with Gasteiger partial charge < -0.3 is 30.7 Å². The van der Waals surface area contributed by atoms with Crippen molar-refractivity contribution >= 4 is 11.5 Å². The SMILES string of the molecule is Nc1ncnc2c1C(c1ccc(Oc3ccc(O)cc3)cc1)=NC(CCC1CCCN(CC(O)CO)C1)C2. The lowest BCUT2D eigenvalue weighted by Gasteiger charge is -2.34. The number of piperidine rings is 1. The first-order valence-electron chi connectivity index (χ1n) is 13.2. The van der Waals surface area contributed by atoms with Crippen LogP contribution >= 0.6 is 0 Å². The highest BCUT2D eigenvalue weighted by atomic mass is 16.5. The fourth-order valence-electron chi connectivity index (χ4n) is 5.42. The Bertz CT molecular complexity index is 1250. The number of anilines is 1. The van der Waals surface area contributed by atoms with Crippen molar-refractivity contribution in [3.63, 3.8) is 0 Å². The van der Waals surface area contributed by atoms with Gasteiger partial charge in [-0.15, -0.1) is 0 Å². The summed E-state index contributed by atoms with van der Waals surface area (Å²) in [5.74, 6) is 2.49. The van der Waals surface area contributed by atoms with E-state index >= 15 is 0 Å². The number of ether oxygens (including phenoxy) is 1. The van der Waals surface area contributed by atoms with Gasteiger partial charge in [-0.2, -0.15) is 0 Å². The molecule has 38 heavy (non-hydrogen) atoms. The molecule has 1 fully saturated rings. The number of aromatic nitrogens is 2. The molecule has 1 aromatic heterocycles. The highest BCUT2D eigenvalue weighted by Gasteiger charge is 2.28. The highest BCUT2D eigenvalue weighted by molar-refractivity contribution is 6.16. The molecule has 3 aromatic rings. The largest absolute Gasteiger partial charge is 0.508 e. The van der Waals surface area contributed by atoms with Gasteiger partial charge in [0.15, 0.2) is 0 Å². The van der Waals surface area contributed by atoms with Gasteiger partial charge in [-0.25, -0.2) is 9.97 Å². The Balaban J connectivity index is 1.30. The molecule has 9 heteroatoms. The predicted molar refractivity (Wildman–Crippen MR) is 146 cm³/mol. The number of fused-ring (bicyclic) bond motifs is 1. The molecule has 9 nitrogen and oxygen atoms in total. The molecule has 3 unspecified atom stereocenters. The zero-order valence-electron chi connectivity index (χ0n) is 21.4. The number of nitrogens with zero attached hydrogens (tertiary/aromatic N) is 4. The van der Waals surface area contributed by atoms with Crippen molar-refractivity contribution in [2.24, 2.45) is 10.9 Å². The lowest BCUT2D eigenvalue weighted by molar-refractivity contribution is 0.0433. The molecule has 5 N–H and O–H groups in total. The van der Waals surface area contributed by atoms with E-state index in [-0.39, 0.29) is 18.4 Å². The number of nitrogen functional groups attached to an aromatic ring is 1. The van der Waals surface area contributed by atoms with Crippen LogP contribution in [0.3, 0.4) is 0 Å².